The lowest BCUT2D eigenvalue weighted by Crippen LogP contribution is -2.37. The van der Waals surface area contributed by atoms with E-state index in [2.05, 4.69) is 72.2 Å². The Morgan fingerprint density at radius 3 is 0.706 bits per heavy atom. The van der Waals surface area contributed by atoms with Gasteiger partial charge in [0.1, 0.15) is 0 Å². The van der Waals surface area contributed by atoms with E-state index in [-0.39, 0.29) is 55.5 Å². The fourth-order valence-electron chi connectivity index (χ4n) is 9.22. The molecule has 0 fully saturated rings. The summed E-state index contributed by atoms with van der Waals surface area (Å²) in [4.78, 5) is 47.4. The molecular formula is C57H117N6O4P. The lowest BCUT2D eigenvalue weighted by atomic mass is 10.1. The average Bonchev–Trinajstić information content (AvgIpc) is 3.33. The Hall–Kier alpha value is -1.48. The monoisotopic (exact) mass is 981 g/mol. The molecular weight excluding hydrogens is 864 g/mol. The van der Waals surface area contributed by atoms with Gasteiger partial charge in [-0.05, 0) is 77.8 Å². The summed E-state index contributed by atoms with van der Waals surface area (Å²) in [5.74, 6) is -0.254. The molecule has 0 saturated heterocycles. The summed E-state index contributed by atoms with van der Waals surface area (Å²) in [6.45, 7) is 24.2. The molecule has 3 N–H and O–H groups in total. The van der Waals surface area contributed by atoms with Crippen LogP contribution >= 0.6 is 7.14 Å². The van der Waals surface area contributed by atoms with Crippen molar-refractivity contribution in [2.75, 3.05) is 97.0 Å². The summed E-state index contributed by atoms with van der Waals surface area (Å²) in [6, 6.07) is 0. The van der Waals surface area contributed by atoms with Gasteiger partial charge in [-0.2, -0.15) is 0 Å². The normalized spacial score (nSPS) is 11.9. The molecule has 404 valence electrons. The first-order valence-corrected chi connectivity index (χ1v) is 32.0. The Balaban J connectivity index is 5.49. The molecule has 0 aliphatic carbocycles. The summed E-state index contributed by atoms with van der Waals surface area (Å²) < 4.78 is 14.7. The van der Waals surface area contributed by atoms with Gasteiger partial charge < -0.3 is 35.2 Å². The van der Waals surface area contributed by atoms with Crippen LogP contribution in [-0.2, 0) is 18.9 Å². The molecule has 0 aromatic carbocycles. The third kappa shape index (κ3) is 44.5. The third-order valence-electron chi connectivity index (χ3n) is 14.0. The summed E-state index contributed by atoms with van der Waals surface area (Å²) in [6.07, 6.45) is 38.9. The van der Waals surface area contributed by atoms with E-state index in [0.717, 1.165) is 58.9 Å². The predicted octanol–water partition coefficient (Wildman–Crippen LogP) is 13.6. The first-order valence-electron chi connectivity index (χ1n) is 29.7. The zero-order valence-electron chi connectivity index (χ0n) is 46.4. The van der Waals surface area contributed by atoms with Crippen LogP contribution < -0.4 is 16.0 Å². The Morgan fingerprint density at radius 1 is 0.294 bits per heavy atom. The van der Waals surface area contributed by atoms with Gasteiger partial charge in [0.25, 0.3) is 0 Å². The molecule has 0 bridgehead atoms. The molecule has 0 aromatic rings. The zero-order valence-corrected chi connectivity index (χ0v) is 47.3. The van der Waals surface area contributed by atoms with Crippen molar-refractivity contribution in [1.82, 2.24) is 30.7 Å². The quantitative estimate of drug-likeness (QED) is 0.0411. The van der Waals surface area contributed by atoms with E-state index in [0.29, 0.717) is 19.6 Å². The summed E-state index contributed by atoms with van der Waals surface area (Å²) in [7, 11) is -2.99. The highest BCUT2D eigenvalue weighted by molar-refractivity contribution is 7.64. The van der Waals surface area contributed by atoms with Gasteiger partial charge in [0, 0.05) is 77.0 Å². The average molecular weight is 982 g/mol. The fraction of sp³-hybridized carbons (Fsp3) is 0.947. The van der Waals surface area contributed by atoms with Crippen LogP contribution in [0.15, 0.2) is 0 Å². The highest BCUT2D eigenvalue weighted by atomic mass is 31.2. The van der Waals surface area contributed by atoms with E-state index >= 15 is 0 Å². The van der Waals surface area contributed by atoms with Crippen molar-refractivity contribution in [2.24, 2.45) is 0 Å². The number of carbonyl (C=O) groups excluding carboxylic acids is 3. The molecule has 0 aromatic heterocycles. The predicted molar refractivity (Wildman–Crippen MR) is 297 cm³/mol. The maximum absolute atomic E-state index is 14.7. The summed E-state index contributed by atoms with van der Waals surface area (Å²) in [5, 5.41) is 9.42. The molecule has 0 aliphatic heterocycles. The zero-order chi connectivity index (χ0) is 50.0. The van der Waals surface area contributed by atoms with Gasteiger partial charge in [0.15, 0.2) is 0 Å². The maximum atomic E-state index is 14.7. The SMILES string of the molecule is CCCCCCCCN(CCCCCC)CCNC(=O)CCP(=O)(CCC(=O)NCCN(CCCCCC)CCCCCCCC)CCC(=O)NCCN(CCCCCC)CCCCCCCC. The van der Waals surface area contributed by atoms with Crippen molar-refractivity contribution in [1.29, 1.82) is 0 Å². The molecule has 0 heterocycles. The molecule has 3 amide bonds. The van der Waals surface area contributed by atoms with Crippen LogP contribution in [0.4, 0.5) is 0 Å². The van der Waals surface area contributed by atoms with Gasteiger partial charge in [0.05, 0.1) is 7.14 Å². The Labute approximate surface area is 423 Å². The fourth-order valence-corrected chi connectivity index (χ4v) is 11.7. The molecule has 0 atom stereocenters. The largest absolute Gasteiger partial charge is 0.355 e. The maximum Gasteiger partial charge on any atom is 0.220 e. The van der Waals surface area contributed by atoms with Crippen LogP contribution in [0.25, 0.3) is 0 Å². The van der Waals surface area contributed by atoms with Crippen molar-refractivity contribution in [3.05, 3.63) is 0 Å². The second kappa shape index (κ2) is 50.5. The molecule has 0 unspecified atom stereocenters. The first-order chi connectivity index (χ1) is 33.2. The second-order valence-electron chi connectivity index (χ2n) is 20.5. The van der Waals surface area contributed by atoms with Gasteiger partial charge in [-0.25, -0.2) is 0 Å². The minimum Gasteiger partial charge on any atom is -0.355 e. The Bertz CT molecular complexity index is 1040. The summed E-state index contributed by atoms with van der Waals surface area (Å²) in [5.41, 5.74) is 0. The molecule has 0 radical (unpaired) electrons. The van der Waals surface area contributed by atoms with Gasteiger partial charge in [-0.1, -0.05) is 196 Å². The van der Waals surface area contributed by atoms with E-state index in [4.69, 9.17) is 0 Å². The van der Waals surface area contributed by atoms with Crippen molar-refractivity contribution >= 4 is 24.9 Å². The van der Waals surface area contributed by atoms with Crippen LogP contribution in [0.3, 0.4) is 0 Å². The van der Waals surface area contributed by atoms with Gasteiger partial charge in [-0.15, -0.1) is 0 Å². The number of carbonyl (C=O) groups is 3. The number of nitrogens with zero attached hydrogens (tertiary/aromatic N) is 3. The van der Waals surface area contributed by atoms with Crippen molar-refractivity contribution in [3.8, 4) is 0 Å². The van der Waals surface area contributed by atoms with Crippen LogP contribution in [0.1, 0.15) is 253 Å². The number of hydrogen-bond acceptors (Lipinski definition) is 7. The molecule has 0 spiro atoms. The molecule has 0 aliphatic rings. The third-order valence-corrected chi connectivity index (χ3v) is 17.1. The van der Waals surface area contributed by atoms with Crippen LogP contribution in [0.5, 0.6) is 0 Å². The lowest BCUT2D eigenvalue weighted by molar-refractivity contribution is -0.121. The molecule has 11 heteroatoms. The lowest BCUT2D eigenvalue weighted by Gasteiger charge is -2.23. The Morgan fingerprint density at radius 2 is 0.485 bits per heavy atom. The van der Waals surface area contributed by atoms with Crippen LogP contribution in [0.2, 0.25) is 0 Å². The van der Waals surface area contributed by atoms with Gasteiger partial charge >= 0.3 is 0 Å². The van der Waals surface area contributed by atoms with E-state index in [9.17, 15) is 18.9 Å². The number of rotatable bonds is 54. The van der Waals surface area contributed by atoms with E-state index in [1.807, 2.05) is 0 Å². The van der Waals surface area contributed by atoms with E-state index in [1.54, 1.807) is 0 Å². The standard InChI is InChI=1S/C57H117N6O4P/c1-7-13-19-25-28-34-46-61(43-31-22-16-10-4)49-40-58-55(64)37-52-68(67,53-38-56(65)59-41-50-62(44-32-23-17-11-5)47-35-29-26-20-14-8-2)54-39-57(66)60-42-51-63(45-33-24-18-12-6)48-36-30-27-21-15-9-3/h7-54H2,1-6H3,(H,58,64)(H,59,65)(H,60,66). The van der Waals surface area contributed by atoms with E-state index in [1.165, 1.54) is 193 Å². The minimum absolute atomic E-state index is 0.0848. The number of amides is 3. The molecule has 68 heavy (non-hydrogen) atoms. The highest BCUT2D eigenvalue weighted by Crippen LogP contribution is 2.47. The number of hydrogen-bond donors (Lipinski definition) is 3. The molecule has 10 nitrogen and oxygen atoms in total. The minimum atomic E-state index is -2.99. The van der Waals surface area contributed by atoms with Crippen molar-refractivity contribution in [2.45, 2.75) is 253 Å². The van der Waals surface area contributed by atoms with Gasteiger partial charge in [0.2, 0.25) is 17.7 Å². The topological polar surface area (TPSA) is 114 Å². The first kappa shape index (κ1) is 66.5. The smallest absolute Gasteiger partial charge is 0.220 e. The summed E-state index contributed by atoms with van der Waals surface area (Å²) >= 11 is 0. The van der Waals surface area contributed by atoms with E-state index < -0.39 is 7.14 Å². The van der Waals surface area contributed by atoms with Crippen molar-refractivity contribution < 1.29 is 18.9 Å². The number of unbranched alkanes of at least 4 members (excludes halogenated alkanes) is 24. The van der Waals surface area contributed by atoms with Crippen molar-refractivity contribution in [3.63, 3.8) is 0 Å². The van der Waals surface area contributed by atoms with Crippen LogP contribution in [0, 0.1) is 0 Å². The number of nitrogens with one attached hydrogen (secondary N) is 3. The van der Waals surface area contributed by atoms with Crippen LogP contribution in [-0.4, -0.2) is 129 Å². The molecule has 0 rings (SSSR count). The molecule has 0 saturated carbocycles. The van der Waals surface area contributed by atoms with Gasteiger partial charge in [-0.3, -0.25) is 14.4 Å². The Kier molecular flexibility index (Phi) is 49.4. The second-order valence-corrected chi connectivity index (χ2v) is 24.0. The highest BCUT2D eigenvalue weighted by Gasteiger charge is 2.26.